The van der Waals surface area contributed by atoms with Crippen molar-refractivity contribution >= 4 is 10.0 Å². The molecule has 0 atom stereocenters. The van der Waals surface area contributed by atoms with Crippen LogP contribution in [0.4, 0.5) is 0 Å². The van der Waals surface area contributed by atoms with Gasteiger partial charge in [-0.25, -0.2) is 22.7 Å². The molecular formula is C15H23N3O4S. The summed E-state index contributed by atoms with van der Waals surface area (Å²) >= 11 is 0. The van der Waals surface area contributed by atoms with Crippen LogP contribution in [0.3, 0.4) is 0 Å². The highest BCUT2D eigenvalue weighted by Crippen LogP contribution is 2.25. The second kappa shape index (κ2) is 7.11. The Morgan fingerprint density at radius 2 is 2.00 bits per heavy atom. The number of sulfonamides is 1. The Morgan fingerprint density at radius 1 is 1.26 bits per heavy atom. The van der Waals surface area contributed by atoms with Crippen LogP contribution in [0.1, 0.15) is 31.0 Å². The van der Waals surface area contributed by atoms with E-state index in [1.54, 1.807) is 11.2 Å². The highest BCUT2D eigenvalue weighted by molar-refractivity contribution is 7.89. The van der Waals surface area contributed by atoms with Gasteiger partial charge >= 0.3 is 0 Å². The fourth-order valence-corrected chi connectivity index (χ4v) is 4.14. The minimum Gasteiger partial charge on any atom is -0.474 e. The molecule has 0 amide bonds. The maximum absolute atomic E-state index is 11.9. The predicted octanol–water partition coefficient (Wildman–Crippen LogP) is 0.785. The van der Waals surface area contributed by atoms with E-state index >= 15 is 0 Å². The lowest BCUT2D eigenvalue weighted by Gasteiger charge is -2.31. The van der Waals surface area contributed by atoms with Crippen LogP contribution in [0.5, 0.6) is 5.88 Å². The number of rotatable bonds is 4. The van der Waals surface area contributed by atoms with Gasteiger partial charge in [-0.3, -0.25) is 0 Å². The second-order valence-electron chi connectivity index (χ2n) is 5.83. The summed E-state index contributed by atoms with van der Waals surface area (Å²) in [6, 6.07) is 0. The van der Waals surface area contributed by atoms with E-state index in [-0.39, 0.29) is 11.9 Å². The van der Waals surface area contributed by atoms with Gasteiger partial charge in [-0.2, -0.15) is 0 Å². The molecule has 3 heterocycles. The van der Waals surface area contributed by atoms with Gasteiger partial charge < -0.3 is 9.47 Å². The summed E-state index contributed by atoms with van der Waals surface area (Å²) in [4.78, 5) is 8.62. The molecular weight excluding hydrogens is 318 g/mol. The molecule has 8 heteroatoms. The van der Waals surface area contributed by atoms with E-state index in [1.165, 1.54) is 6.33 Å². The number of piperidine rings is 1. The average molecular weight is 341 g/mol. The lowest BCUT2D eigenvalue weighted by atomic mass is 10.1. The van der Waals surface area contributed by atoms with Crippen molar-refractivity contribution in [1.82, 2.24) is 14.3 Å². The minimum absolute atomic E-state index is 0.00137. The lowest BCUT2D eigenvalue weighted by Crippen LogP contribution is -2.42. The topological polar surface area (TPSA) is 81.6 Å². The standard InChI is InChI=1S/C15H23N3O4S/c1-2-23(19,20)18-7-3-12(4-8-18)22-15-13-5-9-21-10-6-14(13)16-11-17-15/h11-12H,2-10H2,1H3. The van der Waals surface area contributed by atoms with Crippen LogP contribution in [0.2, 0.25) is 0 Å². The number of ether oxygens (including phenoxy) is 2. The predicted molar refractivity (Wildman–Crippen MR) is 84.9 cm³/mol. The molecule has 0 bridgehead atoms. The van der Waals surface area contributed by atoms with Gasteiger partial charge in [0.1, 0.15) is 12.4 Å². The van der Waals surface area contributed by atoms with Gasteiger partial charge in [0.2, 0.25) is 15.9 Å². The molecule has 0 aliphatic carbocycles. The maximum atomic E-state index is 11.9. The normalized spacial score (nSPS) is 20.7. The smallest absolute Gasteiger partial charge is 0.220 e. The summed E-state index contributed by atoms with van der Waals surface area (Å²) in [5.74, 6) is 0.787. The molecule has 0 aromatic carbocycles. The van der Waals surface area contributed by atoms with Crippen molar-refractivity contribution < 1.29 is 17.9 Å². The Kier molecular flexibility index (Phi) is 5.13. The molecule has 23 heavy (non-hydrogen) atoms. The van der Waals surface area contributed by atoms with Crippen LogP contribution in [-0.2, 0) is 27.6 Å². The first-order valence-corrected chi connectivity index (χ1v) is 9.76. The molecule has 0 spiro atoms. The van der Waals surface area contributed by atoms with Crippen molar-refractivity contribution in [2.75, 3.05) is 32.1 Å². The van der Waals surface area contributed by atoms with Crippen LogP contribution in [-0.4, -0.2) is 60.9 Å². The van der Waals surface area contributed by atoms with E-state index in [1.807, 2.05) is 0 Å². The van der Waals surface area contributed by atoms with Crippen LogP contribution < -0.4 is 4.74 Å². The molecule has 1 aromatic heterocycles. The van der Waals surface area contributed by atoms with E-state index in [9.17, 15) is 8.42 Å². The molecule has 1 saturated heterocycles. The van der Waals surface area contributed by atoms with Gasteiger partial charge in [0, 0.05) is 31.5 Å². The molecule has 2 aliphatic heterocycles. The Labute approximate surface area is 137 Å². The first-order valence-electron chi connectivity index (χ1n) is 8.15. The molecule has 7 nitrogen and oxygen atoms in total. The lowest BCUT2D eigenvalue weighted by molar-refractivity contribution is 0.126. The van der Waals surface area contributed by atoms with Crippen LogP contribution in [0.15, 0.2) is 6.33 Å². The minimum atomic E-state index is -3.10. The third kappa shape index (κ3) is 3.81. The third-order valence-corrected chi connectivity index (χ3v) is 6.29. The number of hydrogen-bond acceptors (Lipinski definition) is 6. The summed E-state index contributed by atoms with van der Waals surface area (Å²) in [7, 11) is -3.10. The first kappa shape index (κ1) is 16.6. The molecule has 128 valence electrons. The van der Waals surface area contributed by atoms with Crippen molar-refractivity contribution in [3.05, 3.63) is 17.6 Å². The quantitative estimate of drug-likeness (QED) is 0.805. The van der Waals surface area contributed by atoms with Crippen LogP contribution >= 0.6 is 0 Å². The summed E-state index contributed by atoms with van der Waals surface area (Å²) in [5, 5.41) is 0. The number of nitrogens with zero attached hydrogens (tertiary/aromatic N) is 3. The van der Waals surface area contributed by atoms with Gasteiger partial charge in [-0.15, -0.1) is 0 Å². The van der Waals surface area contributed by atoms with E-state index in [4.69, 9.17) is 9.47 Å². The van der Waals surface area contributed by atoms with Gasteiger partial charge in [0.05, 0.1) is 24.7 Å². The van der Waals surface area contributed by atoms with E-state index in [2.05, 4.69) is 9.97 Å². The third-order valence-electron chi connectivity index (χ3n) is 4.41. The van der Waals surface area contributed by atoms with Crippen molar-refractivity contribution in [3.8, 4) is 5.88 Å². The number of fused-ring (bicyclic) bond motifs is 1. The van der Waals surface area contributed by atoms with Crippen molar-refractivity contribution in [3.63, 3.8) is 0 Å². The van der Waals surface area contributed by atoms with Gasteiger partial charge in [-0.05, 0) is 19.8 Å². The second-order valence-corrected chi connectivity index (χ2v) is 8.09. The van der Waals surface area contributed by atoms with Crippen LogP contribution in [0.25, 0.3) is 0 Å². The van der Waals surface area contributed by atoms with Gasteiger partial charge in [0.25, 0.3) is 0 Å². The zero-order valence-electron chi connectivity index (χ0n) is 13.4. The molecule has 0 saturated carbocycles. The SMILES string of the molecule is CCS(=O)(=O)N1CCC(Oc2ncnc3c2CCOCC3)CC1. The fourth-order valence-electron chi connectivity index (χ4n) is 3.01. The number of aromatic nitrogens is 2. The first-order chi connectivity index (χ1) is 11.1. The van der Waals surface area contributed by atoms with E-state index < -0.39 is 10.0 Å². The van der Waals surface area contributed by atoms with E-state index in [0.29, 0.717) is 45.0 Å². The molecule has 0 N–H and O–H groups in total. The summed E-state index contributed by atoms with van der Waals surface area (Å²) in [6.45, 7) is 4.03. The molecule has 1 aromatic rings. The Balaban J connectivity index is 1.66. The number of hydrogen-bond donors (Lipinski definition) is 0. The van der Waals surface area contributed by atoms with Crippen molar-refractivity contribution in [1.29, 1.82) is 0 Å². The highest BCUT2D eigenvalue weighted by atomic mass is 32.2. The summed E-state index contributed by atoms with van der Waals surface area (Å²) < 4.78 is 36.9. The van der Waals surface area contributed by atoms with E-state index in [0.717, 1.165) is 24.1 Å². The molecule has 1 fully saturated rings. The molecule has 0 unspecified atom stereocenters. The average Bonchev–Trinajstić information content (AvgIpc) is 2.81. The fraction of sp³-hybridized carbons (Fsp3) is 0.733. The summed E-state index contributed by atoms with van der Waals surface area (Å²) in [6.07, 6.45) is 4.45. The molecule has 3 rings (SSSR count). The Hall–Kier alpha value is -1.25. The van der Waals surface area contributed by atoms with Crippen molar-refractivity contribution in [2.24, 2.45) is 0 Å². The summed E-state index contributed by atoms with van der Waals surface area (Å²) in [5.41, 5.74) is 2.03. The highest BCUT2D eigenvalue weighted by Gasteiger charge is 2.28. The Bertz CT molecular complexity index is 642. The van der Waals surface area contributed by atoms with Crippen molar-refractivity contribution in [2.45, 2.75) is 38.7 Å². The zero-order valence-corrected chi connectivity index (χ0v) is 14.2. The Morgan fingerprint density at radius 3 is 2.74 bits per heavy atom. The maximum Gasteiger partial charge on any atom is 0.220 e. The van der Waals surface area contributed by atoms with Crippen LogP contribution in [0, 0.1) is 0 Å². The van der Waals surface area contributed by atoms with Gasteiger partial charge in [0.15, 0.2) is 0 Å². The monoisotopic (exact) mass is 341 g/mol. The van der Waals surface area contributed by atoms with Gasteiger partial charge in [-0.1, -0.05) is 0 Å². The molecule has 2 aliphatic rings. The molecule has 0 radical (unpaired) electrons. The zero-order chi connectivity index (χ0) is 16.3. The largest absolute Gasteiger partial charge is 0.474 e.